The van der Waals surface area contributed by atoms with Gasteiger partial charge in [0.05, 0.1) is 24.4 Å². The average molecular weight is 469 g/mol. The molecule has 1 aliphatic heterocycles. The van der Waals surface area contributed by atoms with Crippen molar-refractivity contribution in [3.63, 3.8) is 0 Å². The van der Waals surface area contributed by atoms with E-state index in [1.54, 1.807) is 0 Å². The number of hydrogen-bond donors (Lipinski definition) is 1. The highest BCUT2D eigenvalue weighted by Gasteiger charge is 2.18. The number of hydrogen-bond acceptors (Lipinski definition) is 5. The predicted molar refractivity (Wildman–Crippen MR) is 136 cm³/mol. The normalized spacial score (nSPS) is 13.3. The summed E-state index contributed by atoms with van der Waals surface area (Å²) in [5.74, 6) is 0.977. The van der Waals surface area contributed by atoms with E-state index in [-0.39, 0.29) is 24.8 Å². The zero-order valence-corrected chi connectivity index (χ0v) is 19.2. The molecule has 2 N–H and O–H groups in total. The molecule has 5 nitrogen and oxygen atoms in total. The monoisotopic (exact) mass is 468 g/mol. The highest BCUT2D eigenvalue weighted by Crippen LogP contribution is 2.36. The van der Waals surface area contributed by atoms with Crippen LogP contribution >= 0.6 is 24.8 Å². The van der Waals surface area contributed by atoms with Crippen molar-refractivity contribution in [1.29, 1.82) is 0 Å². The number of pyridine rings is 2. The van der Waals surface area contributed by atoms with Crippen molar-refractivity contribution in [2.45, 2.75) is 6.54 Å². The summed E-state index contributed by atoms with van der Waals surface area (Å²) in [6.45, 7) is 3.67. The molecule has 0 spiro atoms. The van der Waals surface area contributed by atoms with Crippen LogP contribution in [0.15, 0.2) is 72.9 Å². The van der Waals surface area contributed by atoms with Crippen LogP contribution in [-0.4, -0.2) is 36.3 Å². The molecule has 1 fully saturated rings. The first-order valence-electron chi connectivity index (χ1n) is 10.3. The molecule has 0 amide bonds. The Kier molecular flexibility index (Phi) is 8.04. The molecule has 4 aromatic rings. The number of ether oxygens (including phenoxy) is 1. The molecule has 7 heteroatoms. The second-order valence-corrected chi connectivity index (χ2v) is 7.45. The van der Waals surface area contributed by atoms with Crippen molar-refractivity contribution in [2.24, 2.45) is 5.73 Å². The van der Waals surface area contributed by atoms with E-state index in [9.17, 15) is 0 Å². The van der Waals surface area contributed by atoms with Gasteiger partial charge in [0, 0.05) is 42.3 Å². The van der Waals surface area contributed by atoms with Crippen LogP contribution in [0.5, 0.6) is 0 Å². The van der Waals surface area contributed by atoms with Gasteiger partial charge in [-0.3, -0.25) is 0 Å². The summed E-state index contributed by atoms with van der Waals surface area (Å²) < 4.78 is 5.53. The van der Waals surface area contributed by atoms with Crippen molar-refractivity contribution < 1.29 is 4.74 Å². The van der Waals surface area contributed by atoms with Gasteiger partial charge in [0.25, 0.3) is 0 Å². The Bertz CT molecular complexity index is 1160. The third-order valence-corrected chi connectivity index (χ3v) is 5.58. The Hall–Kier alpha value is -2.70. The zero-order valence-electron chi connectivity index (χ0n) is 17.6. The van der Waals surface area contributed by atoms with E-state index < -0.39 is 0 Å². The molecule has 166 valence electrons. The Balaban J connectivity index is 0.00000144. The van der Waals surface area contributed by atoms with Gasteiger partial charge in [0.2, 0.25) is 0 Å². The van der Waals surface area contributed by atoms with Crippen molar-refractivity contribution >= 4 is 41.5 Å². The lowest BCUT2D eigenvalue weighted by molar-refractivity contribution is 0.122. The average Bonchev–Trinajstić information content (AvgIpc) is 2.84. The van der Waals surface area contributed by atoms with Gasteiger partial charge in [0.1, 0.15) is 5.82 Å². The molecule has 1 saturated heterocycles. The molecule has 1 aliphatic rings. The number of anilines is 1. The van der Waals surface area contributed by atoms with Gasteiger partial charge in [-0.1, -0.05) is 54.6 Å². The standard InChI is InChI=1S/C25H24N4O.2ClH/c26-17-18-6-8-20(9-7-18)24-21(19-4-2-1-3-5-19)16-22-23(28-24)10-11-27-25(22)29-12-14-30-15-13-29;;/h1-11,16H,12-15,17,26H2;2*1H. The van der Waals surface area contributed by atoms with Crippen LogP contribution in [0.2, 0.25) is 0 Å². The third-order valence-electron chi connectivity index (χ3n) is 5.58. The largest absolute Gasteiger partial charge is 0.378 e. The van der Waals surface area contributed by atoms with E-state index in [0.29, 0.717) is 6.54 Å². The minimum Gasteiger partial charge on any atom is -0.378 e. The Morgan fingerprint density at radius 2 is 1.59 bits per heavy atom. The summed E-state index contributed by atoms with van der Waals surface area (Å²) in [6.07, 6.45) is 1.85. The third kappa shape index (κ3) is 4.71. The minimum atomic E-state index is 0. The maximum absolute atomic E-state index is 5.79. The molecule has 2 aromatic carbocycles. The van der Waals surface area contributed by atoms with Crippen molar-refractivity contribution in [3.05, 3.63) is 78.5 Å². The van der Waals surface area contributed by atoms with Crippen LogP contribution in [0.1, 0.15) is 5.56 Å². The molecule has 32 heavy (non-hydrogen) atoms. The molecule has 0 bridgehead atoms. The molecular formula is C25H26Cl2N4O. The fourth-order valence-corrected chi connectivity index (χ4v) is 3.97. The number of aromatic nitrogens is 2. The van der Waals surface area contributed by atoms with E-state index >= 15 is 0 Å². The maximum Gasteiger partial charge on any atom is 0.138 e. The van der Waals surface area contributed by atoms with E-state index in [2.05, 4.69) is 59.5 Å². The molecule has 0 atom stereocenters. The fourth-order valence-electron chi connectivity index (χ4n) is 3.97. The van der Waals surface area contributed by atoms with E-state index in [1.165, 1.54) is 0 Å². The fraction of sp³-hybridized carbons (Fsp3) is 0.200. The minimum absolute atomic E-state index is 0. The topological polar surface area (TPSA) is 64.3 Å². The second-order valence-electron chi connectivity index (χ2n) is 7.45. The summed E-state index contributed by atoms with van der Waals surface area (Å²) in [5.41, 5.74) is 12.1. The number of morpholine rings is 1. The van der Waals surface area contributed by atoms with Crippen LogP contribution in [0.3, 0.4) is 0 Å². The molecule has 0 saturated carbocycles. The van der Waals surface area contributed by atoms with Gasteiger partial charge < -0.3 is 15.4 Å². The number of benzene rings is 2. The molecule has 0 unspecified atom stereocenters. The summed E-state index contributed by atoms with van der Waals surface area (Å²) in [4.78, 5) is 12.1. The summed E-state index contributed by atoms with van der Waals surface area (Å²) >= 11 is 0. The van der Waals surface area contributed by atoms with Gasteiger partial charge in [-0.05, 0) is 23.3 Å². The second kappa shape index (κ2) is 10.7. The van der Waals surface area contributed by atoms with Crippen LogP contribution in [0, 0.1) is 0 Å². The summed E-state index contributed by atoms with van der Waals surface area (Å²) in [7, 11) is 0. The SMILES string of the molecule is Cl.Cl.NCc1ccc(-c2nc3ccnc(N4CCOCC4)c3cc2-c2ccccc2)cc1. The van der Waals surface area contributed by atoms with E-state index in [0.717, 1.165) is 71.0 Å². The van der Waals surface area contributed by atoms with Gasteiger partial charge >= 0.3 is 0 Å². The maximum atomic E-state index is 5.79. The first kappa shape index (κ1) is 24.0. The number of nitrogens with zero attached hydrogens (tertiary/aromatic N) is 3. The lowest BCUT2D eigenvalue weighted by atomic mass is 9.97. The van der Waals surface area contributed by atoms with Crippen molar-refractivity contribution in [3.8, 4) is 22.4 Å². The van der Waals surface area contributed by atoms with E-state index in [4.69, 9.17) is 20.4 Å². The highest BCUT2D eigenvalue weighted by molar-refractivity contribution is 5.97. The Morgan fingerprint density at radius 1 is 0.875 bits per heavy atom. The smallest absolute Gasteiger partial charge is 0.138 e. The molecule has 3 heterocycles. The number of nitrogens with two attached hydrogens (primary N) is 1. The predicted octanol–water partition coefficient (Wildman–Crippen LogP) is 5.10. The molecule has 2 aromatic heterocycles. The van der Waals surface area contributed by atoms with Crippen molar-refractivity contribution in [1.82, 2.24) is 9.97 Å². The lowest BCUT2D eigenvalue weighted by Crippen LogP contribution is -2.36. The van der Waals surface area contributed by atoms with Gasteiger partial charge in [0.15, 0.2) is 0 Å². The molecule has 0 radical (unpaired) electrons. The van der Waals surface area contributed by atoms with Gasteiger partial charge in [-0.2, -0.15) is 0 Å². The molecule has 0 aliphatic carbocycles. The highest BCUT2D eigenvalue weighted by atomic mass is 35.5. The molecular weight excluding hydrogens is 443 g/mol. The van der Waals surface area contributed by atoms with Gasteiger partial charge in [-0.25, -0.2) is 9.97 Å². The Morgan fingerprint density at radius 3 is 2.28 bits per heavy atom. The number of fused-ring (bicyclic) bond motifs is 1. The van der Waals surface area contributed by atoms with Crippen LogP contribution < -0.4 is 10.6 Å². The quantitative estimate of drug-likeness (QED) is 0.451. The number of rotatable bonds is 4. The first-order valence-corrected chi connectivity index (χ1v) is 10.3. The van der Waals surface area contributed by atoms with Crippen LogP contribution in [-0.2, 0) is 11.3 Å². The zero-order chi connectivity index (χ0) is 20.3. The summed E-state index contributed by atoms with van der Waals surface area (Å²) in [5, 5.41) is 1.07. The Labute approximate surface area is 200 Å². The van der Waals surface area contributed by atoms with Crippen LogP contribution in [0.4, 0.5) is 5.82 Å². The number of halogens is 2. The first-order chi connectivity index (χ1) is 14.8. The van der Waals surface area contributed by atoms with Crippen LogP contribution in [0.25, 0.3) is 33.3 Å². The lowest BCUT2D eigenvalue weighted by Gasteiger charge is -2.28. The van der Waals surface area contributed by atoms with Gasteiger partial charge in [-0.15, -0.1) is 24.8 Å². The van der Waals surface area contributed by atoms with E-state index in [1.807, 2.05) is 18.3 Å². The molecule has 5 rings (SSSR count). The van der Waals surface area contributed by atoms with Crippen molar-refractivity contribution in [2.75, 3.05) is 31.2 Å². The summed E-state index contributed by atoms with van der Waals surface area (Å²) in [6, 6.07) is 23.0.